The Hall–Kier alpha value is -1.24. The van der Waals surface area contributed by atoms with Gasteiger partial charge in [-0.05, 0) is 14.1 Å². The summed E-state index contributed by atoms with van der Waals surface area (Å²) in [6.45, 7) is 10.3. The quantitative estimate of drug-likeness (QED) is 0.822. The van der Waals surface area contributed by atoms with E-state index in [1.807, 2.05) is 6.07 Å². The summed E-state index contributed by atoms with van der Waals surface area (Å²) in [5.41, 5.74) is 0.839. The number of hydrogen-bond acceptors (Lipinski definition) is 6. The molecule has 6 nitrogen and oxygen atoms in total. The largest absolute Gasteiger partial charge is 0.378 e. The average molecular weight is 322 g/mol. The van der Waals surface area contributed by atoms with E-state index in [-0.39, 0.29) is 11.5 Å². The monoisotopic (exact) mass is 322 g/mol. The van der Waals surface area contributed by atoms with E-state index < -0.39 is 0 Å². The van der Waals surface area contributed by atoms with Crippen molar-refractivity contribution in [2.24, 2.45) is 0 Å². The van der Waals surface area contributed by atoms with Gasteiger partial charge >= 0.3 is 0 Å². The fraction of sp³-hybridized carbons (Fsp3) is 0.765. The summed E-state index contributed by atoms with van der Waals surface area (Å²) >= 11 is 0. The SMILES string of the molecule is COCc1cc(N2CCOC(CN(C)C)C2)nc(C(C)(C)C)n1. The first kappa shape index (κ1) is 18.1. The Balaban J connectivity index is 2.24. The number of ether oxygens (including phenoxy) is 2. The third kappa shape index (κ3) is 5.12. The summed E-state index contributed by atoms with van der Waals surface area (Å²) in [7, 11) is 5.84. The zero-order chi connectivity index (χ0) is 17.0. The maximum absolute atomic E-state index is 5.86. The molecule has 0 N–H and O–H groups in total. The smallest absolute Gasteiger partial charge is 0.136 e. The first-order chi connectivity index (χ1) is 10.8. The Kier molecular flexibility index (Phi) is 5.95. The molecule has 0 bridgehead atoms. The summed E-state index contributed by atoms with van der Waals surface area (Å²) in [6.07, 6.45) is 0.206. The molecule has 1 aromatic rings. The third-order valence-corrected chi connectivity index (χ3v) is 3.76. The molecule has 2 rings (SSSR count). The second-order valence-electron chi connectivity index (χ2n) is 7.43. The van der Waals surface area contributed by atoms with Gasteiger partial charge in [0.1, 0.15) is 11.6 Å². The maximum Gasteiger partial charge on any atom is 0.136 e. The molecule has 0 aliphatic carbocycles. The lowest BCUT2D eigenvalue weighted by Crippen LogP contribution is -2.47. The van der Waals surface area contributed by atoms with Crippen LogP contribution in [0.4, 0.5) is 5.82 Å². The third-order valence-electron chi connectivity index (χ3n) is 3.76. The van der Waals surface area contributed by atoms with Crippen LogP contribution < -0.4 is 4.90 Å². The zero-order valence-corrected chi connectivity index (χ0v) is 15.3. The fourth-order valence-electron chi connectivity index (χ4n) is 2.65. The topological polar surface area (TPSA) is 50.7 Å². The highest BCUT2D eigenvalue weighted by molar-refractivity contribution is 5.41. The minimum Gasteiger partial charge on any atom is -0.378 e. The second kappa shape index (κ2) is 7.55. The summed E-state index contributed by atoms with van der Waals surface area (Å²) in [5, 5.41) is 0. The highest BCUT2D eigenvalue weighted by Gasteiger charge is 2.25. The van der Waals surface area contributed by atoms with Crippen LogP contribution in [0.5, 0.6) is 0 Å². The van der Waals surface area contributed by atoms with Crippen LogP contribution in [0.25, 0.3) is 0 Å². The molecule has 6 heteroatoms. The van der Waals surface area contributed by atoms with Gasteiger partial charge in [-0.25, -0.2) is 9.97 Å². The molecule has 1 saturated heterocycles. The van der Waals surface area contributed by atoms with E-state index in [1.165, 1.54) is 0 Å². The van der Waals surface area contributed by atoms with Crippen LogP contribution in [-0.4, -0.2) is 68.4 Å². The van der Waals surface area contributed by atoms with Gasteiger partial charge in [-0.15, -0.1) is 0 Å². The van der Waals surface area contributed by atoms with E-state index in [1.54, 1.807) is 7.11 Å². The van der Waals surface area contributed by atoms with Crippen molar-refractivity contribution in [3.8, 4) is 0 Å². The molecule has 23 heavy (non-hydrogen) atoms. The van der Waals surface area contributed by atoms with Crippen molar-refractivity contribution >= 4 is 5.82 Å². The van der Waals surface area contributed by atoms with Crippen LogP contribution in [0.3, 0.4) is 0 Å². The van der Waals surface area contributed by atoms with E-state index in [2.05, 4.69) is 49.7 Å². The molecule has 1 aliphatic rings. The van der Waals surface area contributed by atoms with Crippen molar-refractivity contribution in [1.29, 1.82) is 0 Å². The van der Waals surface area contributed by atoms with Gasteiger partial charge in [-0.2, -0.15) is 0 Å². The summed E-state index contributed by atoms with van der Waals surface area (Å²) in [6, 6.07) is 2.04. The van der Waals surface area contributed by atoms with Gasteiger partial charge < -0.3 is 19.3 Å². The molecule has 130 valence electrons. The van der Waals surface area contributed by atoms with Crippen molar-refractivity contribution in [2.75, 3.05) is 52.3 Å². The highest BCUT2D eigenvalue weighted by Crippen LogP contribution is 2.23. The van der Waals surface area contributed by atoms with E-state index >= 15 is 0 Å². The average Bonchev–Trinajstić information content (AvgIpc) is 2.46. The van der Waals surface area contributed by atoms with Gasteiger partial charge in [0.2, 0.25) is 0 Å². The molecule has 0 saturated carbocycles. The Morgan fingerprint density at radius 3 is 2.70 bits per heavy atom. The van der Waals surface area contributed by atoms with Gasteiger partial charge in [-0.1, -0.05) is 20.8 Å². The van der Waals surface area contributed by atoms with Crippen molar-refractivity contribution < 1.29 is 9.47 Å². The second-order valence-corrected chi connectivity index (χ2v) is 7.43. The lowest BCUT2D eigenvalue weighted by molar-refractivity contribution is 0.0245. The van der Waals surface area contributed by atoms with Gasteiger partial charge in [0.05, 0.1) is 25.0 Å². The van der Waals surface area contributed by atoms with Crippen molar-refractivity contribution in [3.05, 3.63) is 17.6 Å². The van der Waals surface area contributed by atoms with Crippen molar-refractivity contribution in [2.45, 2.75) is 38.9 Å². The number of aromatic nitrogens is 2. The molecule has 0 amide bonds. The molecular weight excluding hydrogens is 292 g/mol. The lowest BCUT2D eigenvalue weighted by Gasteiger charge is -2.35. The molecule has 1 atom stereocenters. The lowest BCUT2D eigenvalue weighted by atomic mass is 9.95. The van der Waals surface area contributed by atoms with Gasteiger partial charge in [-0.3, -0.25) is 0 Å². The van der Waals surface area contributed by atoms with Crippen LogP contribution in [0.1, 0.15) is 32.3 Å². The maximum atomic E-state index is 5.86. The van der Waals surface area contributed by atoms with Crippen molar-refractivity contribution in [3.63, 3.8) is 0 Å². The number of likely N-dealkylation sites (N-methyl/N-ethyl adjacent to an activating group) is 1. The molecule has 1 aromatic heterocycles. The van der Waals surface area contributed by atoms with Gasteiger partial charge in [0.15, 0.2) is 0 Å². The van der Waals surface area contributed by atoms with E-state index in [0.29, 0.717) is 6.61 Å². The summed E-state index contributed by atoms with van der Waals surface area (Å²) < 4.78 is 11.1. The first-order valence-electron chi connectivity index (χ1n) is 8.18. The number of nitrogens with zero attached hydrogens (tertiary/aromatic N) is 4. The van der Waals surface area contributed by atoms with E-state index in [4.69, 9.17) is 14.5 Å². The molecule has 0 spiro atoms. The van der Waals surface area contributed by atoms with Crippen molar-refractivity contribution in [1.82, 2.24) is 14.9 Å². The summed E-state index contributed by atoms with van der Waals surface area (Å²) in [4.78, 5) is 13.9. The minimum absolute atomic E-state index is 0.0895. The van der Waals surface area contributed by atoms with E-state index in [9.17, 15) is 0 Å². The molecular formula is C17H30N4O2. The van der Waals surface area contributed by atoms with Gasteiger partial charge in [0.25, 0.3) is 0 Å². The Morgan fingerprint density at radius 1 is 1.35 bits per heavy atom. The Labute approximate surface area is 139 Å². The molecule has 1 fully saturated rings. The zero-order valence-electron chi connectivity index (χ0n) is 15.3. The minimum atomic E-state index is -0.0895. The van der Waals surface area contributed by atoms with Crippen LogP contribution in [-0.2, 0) is 21.5 Å². The van der Waals surface area contributed by atoms with E-state index in [0.717, 1.165) is 43.6 Å². The van der Waals surface area contributed by atoms with Crippen LogP contribution in [0, 0.1) is 0 Å². The number of anilines is 1. The molecule has 0 radical (unpaired) electrons. The Bertz CT molecular complexity index is 514. The van der Waals surface area contributed by atoms with Gasteiger partial charge in [0, 0.05) is 38.2 Å². The number of methoxy groups -OCH3 is 1. The fourth-order valence-corrected chi connectivity index (χ4v) is 2.65. The predicted molar refractivity (Wildman–Crippen MR) is 92.0 cm³/mol. The molecule has 2 heterocycles. The first-order valence-corrected chi connectivity index (χ1v) is 8.18. The number of hydrogen-bond donors (Lipinski definition) is 0. The standard InChI is InChI=1S/C17H30N4O2/c1-17(2,3)16-18-13(12-22-6)9-15(19-16)21-7-8-23-14(11-21)10-20(4)5/h9,14H,7-8,10-12H2,1-6H3. The van der Waals surface area contributed by atoms with Crippen LogP contribution in [0.15, 0.2) is 6.07 Å². The Morgan fingerprint density at radius 2 is 2.09 bits per heavy atom. The summed E-state index contributed by atoms with van der Waals surface area (Å²) in [5.74, 6) is 1.83. The highest BCUT2D eigenvalue weighted by atomic mass is 16.5. The molecule has 1 aliphatic heterocycles. The molecule has 1 unspecified atom stereocenters. The number of morpholine rings is 1. The predicted octanol–water partition coefficient (Wildman–Crippen LogP) is 1.69. The van der Waals surface area contributed by atoms with Crippen LogP contribution >= 0.6 is 0 Å². The van der Waals surface area contributed by atoms with Crippen LogP contribution in [0.2, 0.25) is 0 Å². The number of rotatable bonds is 5. The molecule has 0 aromatic carbocycles. The normalized spacial score (nSPS) is 19.4.